The van der Waals surface area contributed by atoms with E-state index in [1.54, 1.807) is 20.0 Å². The fourth-order valence-corrected chi connectivity index (χ4v) is 1.81. The molecule has 1 aromatic rings. The summed E-state index contributed by atoms with van der Waals surface area (Å²) in [5.74, 6) is 0. The van der Waals surface area contributed by atoms with Crippen LogP contribution in [0.1, 0.15) is 28.8 Å². The van der Waals surface area contributed by atoms with Gasteiger partial charge in [-0.25, -0.2) is 8.78 Å². The lowest BCUT2D eigenvalue weighted by Gasteiger charge is -2.10. The van der Waals surface area contributed by atoms with Crippen LogP contribution < -0.4 is 0 Å². The van der Waals surface area contributed by atoms with Crippen LogP contribution in [0.3, 0.4) is 0 Å². The fourth-order valence-electron chi connectivity index (χ4n) is 1.24. The highest BCUT2D eigenvalue weighted by Crippen LogP contribution is 2.27. The molecule has 0 aliphatic heterocycles. The molecule has 0 saturated carbocycles. The predicted octanol–water partition coefficient (Wildman–Crippen LogP) is 3.53. The van der Waals surface area contributed by atoms with Gasteiger partial charge in [0, 0.05) is 22.8 Å². The van der Waals surface area contributed by atoms with Crippen molar-refractivity contribution in [2.75, 3.05) is 0 Å². The molecule has 0 atom stereocenters. The number of aromatic nitrogens is 1. The molecule has 4 heteroatoms. The molecule has 0 aliphatic rings. The molecule has 13 heavy (non-hydrogen) atoms. The largest absolute Gasteiger partial charge is 0.265 e. The molecule has 1 heterocycles. The van der Waals surface area contributed by atoms with Gasteiger partial charge < -0.3 is 0 Å². The third kappa shape index (κ3) is 2.05. The monoisotopic (exact) mass is 249 g/mol. The maximum Gasteiger partial charge on any atom is 0.265 e. The van der Waals surface area contributed by atoms with Gasteiger partial charge in [0.2, 0.25) is 0 Å². The van der Waals surface area contributed by atoms with Crippen molar-refractivity contribution in [2.24, 2.45) is 0 Å². The lowest BCUT2D eigenvalue weighted by Crippen LogP contribution is -2.00. The van der Waals surface area contributed by atoms with Crippen molar-refractivity contribution in [3.63, 3.8) is 0 Å². The van der Waals surface area contributed by atoms with Crippen molar-refractivity contribution in [1.29, 1.82) is 0 Å². The summed E-state index contributed by atoms with van der Waals surface area (Å²) in [4.78, 5) is 3.92. The zero-order valence-corrected chi connectivity index (χ0v) is 9.03. The van der Waals surface area contributed by atoms with E-state index < -0.39 is 6.43 Å². The van der Waals surface area contributed by atoms with Crippen molar-refractivity contribution in [3.8, 4) is 0 Å². The Kier molecular flexibility index (Phi) is 3.36. The average Bonchev–Trinajstić information content (AvgIpc) is 2.04. The first-order valence-corrected chi connectivity index (χ1v) is 4.99. The minimum Gasteiger partial charge on any atom is -0.261 e. The second-order valence-corrected chi connectivity index (χ2v) is 3.40. The average molecular weight is 250 g/mol. The Morgan fingerprint density at radius 1 is 1.46 bits per heavy atom. The highest BCUT2D eigenvalue weighted by molar-refractivity contribution is 9.08. The Morgan fingerprint density at radius 3 is 2.54 bits per heavy atom. The maximum absolute atomic E-state index is 12.5. The van der Waals surface area contributed by atoms with Crippen molar-refractivity contribution in [2.45, 2.75) is 25.6 Å². The summed E-state index contributed by atoms with van der Waals surface area (Å²) < 4.78 is 25.1. The third-order valence-corrected chi connectivity index (χ3v) is 2.66. The van der Waals surface area contributed by atoms with Crippen molar-refractivity contribution < 1.29 is 8.78 Å². The van der Waals surface area contributed by atoms with Gasteiger partial charge in [0.15, 0.2) is 0 Å². The Bertz CT molecular complexity index is 313. The van der Waals surface area contributed by atoms with Crippen LogP contribution in [0.2, 0.25) is 0 Å². The smallest absolute Gasteiger partial charge is 0.261 e. The number of nitrogens with zero attached hydrogens (tertiary/aromatic N) is 1. The van der Waals surface area contributed by atoms with Crippen LogP contribution in [-0.2, 0) is 5.33 Å². The molecule has 1 aromatic heterocycles. The Labute approximate surface area is 84.3 Å². The van der Waals surface area contributed by atoms with Crippen LogP contribution in [0.15, 0.2) is 6.20 Å². The summed E-state index contributed by atoms with van der Waals surface area (Å²) in [5, 5.41) is 0.561. The summed E-state index contributed by atoms with van der Waals surface area (Å²) in [6, 6.07) is 0. The first-order chi connectivity index (χ1) is 6.07. The summed E-state index contributed by atoms with van der Waals surface area (Å²) in [6.07, 6.45) is -0.808. The van der Waals surface area contributed by atoms with Gasteiger partial charge in [-0.15, -0.1) is 0 Å². The van der Waals surface area contributed by atoms with Crippen LogP contribution in [0.25, 0.3) is 0 Å². The molecule has 0 unspecified atom stereocenters. The number of pyridine rings is 1. The van der Waals surface area contributed by atoms with E-state index in [2.05, 4.69) is 20.9 Å². The molecule has 1 nitrogen and oxygen atoms in total. The first kappa shape index (κ1) is 10.6. The SMILES string of the molecule is Cc1ncc(CBr)c(C)c1C(F)F. The molecular formula is C9H10BrF2N. The number of aryl methyl sites for hydroxylation is 1. The molecule has 1 rings (SSSR count). The van der Waals surface area contributed by atoms with Crippen LogP contribution in [0.5, 0.6) is 0 Å². The topological polar surface area (TPSA) is 12.9 Å². The van der Waals surface area contributed by atoms with Gasteiger partial charge in [0.1, 0.15) is 0 Å². The van der Waals surface area contributed by atoms with E-state index in [-0.39, 0.29) is 5.56 Å². The van der Waals surface area contributed by atoms with Crippen molar-refractivity contribution in [3.05, 3.63) is 28.6 Å². The zero-order chi connectivity index (χ0) is 10.0. The molecule has 0 spiro atoms. The zero-order valence-electron chi connectivity index (χ0n) is 7.44. The molecule has 0 radical (unpaired) electrons. The predicted molar refractivity (Wildman–Crippen MR) is 51.3 cm³/mol. The second kappa shape index (κ2) is 4.13. The first-order valence-electron chi connectivity index (χ1n) is 3.87. The van der Waals surface area contributed by atoms with Crippen LogP contribution >= 0.6 is 15.9 Å². The third-order valence-electron chi connectivity index (χ3n) is 2.05. The normalized spacial score (nSPS) is 10.9. The van der Waals surface area contributed by atoms with E-state index >= 15 is 0 Å². The Morgan fingerprint density at radius 2 is 2.08 bits per heavy atom. The molecule has 0 aliphatic carbocycles. The second-order valence-electron chi connectivity index (χ2n) is 2.84. The maximum atomic E-state index is 12.5. The molecule has 0 bridgehead atoms. The van der Waals surface area contributed by atoms with Gasteiger partial charge in [0.05, 0.1) is 0 Å². The fraction of sp³-hybridized carbons (Fsp3) is 0.444. The molecule has 0 fully saturated rings. The summed E-state index contributed by atoms with van der Waals surface area (Å²) in [5.41, 5.74) is 1.94. The van der Waals surface area contributed by atoms with Gasteiger partial charge >= 0.3 is 0 Å². The standard InChI is InChI=1S/C9H10BrF2N/c1-5-7(3-10)4-13-6(2)8(5)9(11)12/h4,9H,3H2,1-2H3. The quantitative estimate of drug-likeness (QED) is 0.731. The number of hydrogen-bond acceptors (Lipinski definition) is 1. The van der Waals surface area contributed by atoms with E-state index in [9.17, 15) is 8.78 Å². The van der Waals surface area contributed by atoms with Gasteiger partial charge in [-0.2, -0.15) is 0 Å². The molecule has 0 N–H and O–H groups in total. The molecule has 72 valence electrons. The van der Waals surface area contributed by atoms with Crippen molar-refractivity contribution in [1.82, 2.24) is 4.98 Å². The van der Waals surface area contributed by atoms with Crippen LogP contribution in [0, 0.1) is 13.8 Å². The van der Waals surface area contributed by atoms with E-state index in [0.717, 1.165) is 5.56 Å². The number of halogens is 3. The van der Waals surface area contributed by atoms with E-state index in [4.69, 9.17) is 0 Å². The molecule has 0 amide bonds. The molecule has 0 saturated heterocycles. The van der Waals surface area contributed by atoms with E-state index in [0.29, 0.717) is 16.6 Å². The van der Waals surface area contributed by atoms with E-state index in [1.165, 1.54) is 0 Å². The lowest BCUT2D eigenvalue weighted by molar-refractivity contribution is 0.149. The Balaban J connectivity index is 3.30. The van der Waals surface area contributed by atoms with Crippen LogP contribution in [-0.4, -0.2) is 4.98 Å². The van der Waals surface area contributed by atoms with E-state index in [1.807, 2.05) is 0 Å². The van der Waals surface area contributed by atoms with Gasteiger partial charge in [-0.1, -0.05) is 15.9 Å². The minimum atomic E-state index is -2.44. The number of hydrogen-bond donors (Lipinski definition) is 0. The number of alkyl halides is 3. The summed E-state index contributed by atoms with van der Waals surface area (Å²) in [6.45, 7) is 3.30. The lowest BCUT2D eigenvalue weighted by atomic mass is 10.0. The highest BCUT2D eigenvalue weighted by Gasteiger charge is 2.16. The summed E-state index contributed by atoms with van der Waals surface area (Å²) in [7, 11) is 0. The van der Waals surface area contributed by atoms with Crippen LogP contribution in [0.4, 0.5) is 8.78 Å². The highest BCUT2D eigenvalue weighted by atomic mass is 79.9. The van der Waals surface area contributed by atoms with Gasteiger partial charge in [0.25, 0.3) is 6.43 Å². The summed E-state index contributed by atoms with van der Waals surface area (Å²) >= 11 is 3.23. The van der Waals surface area contributed by atoms with Gasteiger partial charge in [-0.05, 0) is 25.0 Å². The minimum absolute atomic E-state index is 0.0666. The Hall–Kier alpha value is -0.510. The van der Waals surface area contributed by atoms with Gasteiger partial charge in [-0.3, -0.25) is 4.98 Å². The van der Waals surface area contributed by atoms with Crippen molar-refractivity contribution >= 4 is 15.9 Å². The number of rotatable bonds is 2. The molecule has 0 aromatic carbocycles. The molecular weight excluding hydrogens is 240 g/mol.